The second-order valence-corrected chi connectivity index (χ2v) is 10.4. The van der Waals surface area contributed by atoms with Crippen LogP contribution in [0.3, 0.4) is 0 Å². The monoisotopic (exact) mass is 577 g/mol. The van der Waals surface area contributed by atoms with E-state index in [9.17, 15) is 14.3 Å². The lowest BCUT2D eigenvalue weighted by molar-refractivity contribution is 0.0697. The van der Waals surface area contributed by atoms with Crippen molar-refractivity contribution >= 4 is 34.4 Å². The number of hydrogen-bond acceptors (Lipinski definition) is 7. The fourth-order valence-electron chi connectivity index (χ4n) is 5.11. The molecule has 11 heteroatoms. The third-order valence-electron chi connectivity index (χ3n) is 7.33. The molecule has 1 fully saturated rings. The first-order chi connectivity index (χ1) is 19.9. The van der Waals surface area contributed by atoms with Crippen LogP contribution in [0.15, 0.2) is 48.5 Å². The lowest BCUT2D eigenvalue weighted by Crippen LogP contribution is -2.35. The van der Waals surface area contributed by atoms with Gasteiger partial charge in [0.05, 0.1) is 34.3 Å². The smallest absolute Gasteiger partial charge is 0.335 e. The zero-order chi connectivity index (χ0) is 28.9. The summed E-state index contributed by atoms with van der Waals surface area (Å²) in [6.07, 6.45) is 2.58. The van der Waals surface area contributed by atoms with Crippen LogP contribution in [0.25, 0.3) is 11.0 Å². The van der Waals surface area contributed by atoms with E-state index in [4.69, 9.17) is 31.3 Å². The van der Waals surface area contributed by atoms with Crippen molar-refractivity contribution in [1.29, 1.82) is 5.26 Å². The molecule has 0 bridgehead atoms. The van der Waals surface area contributed by atoms with Crippen molar-refractivity contribution in [2.45, 2.75) is 32.4 Å². The number of aromatic nitrogens is 3. The average molecular weight is 578 g/mol. The SMILES string of the molecule is COCCn1c(CC2CCN(c3cccc(OCc4ccc(C#N)cc4F)n3)CC2)nc2c(Cl)cc(C(=O)O)cc21. The van der Waals surface area contributed by atoms with Gasteiger partial charge in [0.15, 0.2) is 0 Å². The minimum absolute atomic E-state index is 0.0120. The number of methoxy groups -OCH3 is 1. The molecule has 1 aliphatic heterocycles. The van der Waals surface area contributed by atoms with E-state index >= 15 is 0 Å². The minimum atomic E-state index is -1.04. The zero-order valence-corrected chi connectivity index (χ0v) is 23.3. The van der Waals surface area contributed by atoms with E-state index in [1.54, 1.807) is 31.4 Å². The largest absolute Gasteiger partial charge is 0.478 e. The number of carboxylic acid groups (broad SMARTS) is 1. The highest BCUT2D eigenvalue weighted by atomic mass is 35.5. The molecule has 0 unspecified atom stereocenters. The van der Waals surface area contributed by atoms with Crippen molar-refractivity contribution in [2.75, 3.05) is 31.7 Å². The maximum absolute atomic E-state index is 14.2. The first kappa shape index (κ1) is 28.3. The lowest BCUT2D eigenvalue weighted by Gasteiger charge is -2.33. The van der Waals surface area contributed by atoms with E-state index in [1.165, 1.54) is 12.1 Å². The number of halogens is 2. The number of piperidine rings is 1. The number of benzene rings is 2. The molecule has 2 aromatic heterocycles. The van der Waals surface area contributed by atoms with Crippen LogP contribution in [-0.4, -0.2) is 52.4 Å². The summed E-state index contributed by atoms with van der Waals surface area (Å²) in [4.78, 5) is 23.2. The number of rotatable bonds is 10. The van der Waals surface area contributed by atoms with E-state index in [0.29, 0.717) is 46.6 Å². The number of anilines is 1. The maximum Gasteiger partial charge on any atom is 0.335 e. The molecule has 41 heavy (non-hydrogen) atoms. The number of aromatic carboxylic acids is 1. The van der Waals surface area contributed by atoms with Crippen LogP contribution in [-0.2, 0) is 24.3 Å². The van der Waals surface area contributed by atoms with Gasteiger partial charge in [-0.25, -0.2) is 14.2 Å². The van der Waals surface area contributed by atoms with Gasteiger partial charge < -0.3 is 24.0 Å². The van der Waals surface area contributed by atoms with E-state index in [1.807, 2.05) is 22.8 Å². The Morgan fingerprint density at radius 1 is 1.20 bits per heavy atom. The van der Waals surface area contributed by atoms with Crippen LogP contribution < -0.4 is 9.64 Å². The van der Waals surface area contributed by atoms with Crippen molar-refractivity contribution in [3.05, 3.63) is 81.9 Å². The Morgan fingerprint density at radius 2 is 2.00 bits per heavy atom. The summed E-state index contributed by atoms with van der Waals surface area (Å²) in [6.45, 7) is 2.62. The number of pyridine rings is 1. The maximum atomic E-state index is 14.2. The Bertz CT molecular complexity index is 1610. The van der Waals surface area contributed by atoms with Crippen LogP contribution in [0.4, 0.5) is 10.2 Å². The molecule has 0 aliphatic carbocycles. The Morgan fingerprint density at radius 3 is 2.71 bits per heavy atom. The predicted molar refractivity (Wildman–Crippen MR) is 152 cm³/mol. The molecule has 2 aromatic carbocycles. The third kappa shape index (κ3) is 6.42. The highest BCUT2D eigenvalue weighted by molar-refractivity contribution is 6.35. The lowest BCUT2D eigenvalue weighted by atomic mass is 9.93. The van der Waals surface area contributed by atoms with Crippen LogP contribution in [0.1, 0.15) is 40.2 Å². The second kappa shape index (κ2) is 12.5. The van der Waals surface area contributed by atoms with Crippen LogP contribution >= 0.6 is 11.6 Å². The van der Waals surface area contributed by atoms with Crippen molar-refractivity contribution in [3.63, 3.8) is 0 Å². The van der Waals surface area contributed by atoms with Crippen LogP contribution in [0.2, 0.25) is 5.02 Å². The standard InChI is InChI=1S/C30H29ClFN5O4/c1-40-12-11-37-25-16-22(30(38)39)15-23(31)29(25)35-27(37)14-19-7-9-36(10-8-19)26-3-2-4-28(34-26)41-18-21-6-5-20(17-33)13-24(21)32/h2-6,13,15-16,19H,7-12,14,18H2,1H3,(H,38,39). The topological polar surface area (TPSA) is 114 Å². The van der Waals surface area contributed by atoms with Gasteiger partial charge >= 0.3 is 5.97 Å². The molecule has 4 aromatic rings. The summed E-state index contributed by atoms with van der Waals surface area (Å²) < 4.78 is 27.3. The Kier molecular flexibility index (Phi) is 8.67. The summed E-state index contributed by atoms with van der Waals surface area (Å²) in [5.41, 5.74) is 2.04. The summed E-state index contributed by atoms with van der Waals surface area (Å²) in [5, 5.41) is 18.7. The normalized spacial score (nSPS) is 13.9. The number of imidazole rings is 1. The first-order valence-corrected chi connectivity index (χ1v) is 13.7. The van der Waals surface area contributed by atoms with Gasteiger partial charge in [0, 0.05) is 44.8 Å². The highest BCUT2D eigenvalue weighted by Crippen LogP contribution is 2.30. The van der Waals surface area contributed by atoms with E-state index in [0.717, 1.165) is 44.0 Å². The molecule has 0 atom stereocenters. The molecular weight excluding hydrogens is 549 g/mol. The summed E-state index contributed by atoms with van der Waals surface area (Å²) in [7, 11) is 1.63. The fraction of sp³-hybridized carbons (Fsp3) is 0.333. The molecule has 0 amide bonds. The number of ether oxygens (including phenoxy) is 2. The Labute approximate surface area is 241 Å². The molecule has 1 N–H and O–H groups in total. The summed E-state index contributed by atoms with van der Waals surface area (Å²) in [5.74, 6) is 0.915. The molecule has 0 radical (unpaired) electrons. The molecule has 1 aliphatic rings. The van der Waals surface area contributed by atoms with Gasteiger partial charge in [-0.05, 0) is 49.1 Å². The van der Waals surface area contributed by atoms with Gasteiger partial charge in [0.25, 0.3) is 0 Å². The number of nitrogens with zero attached hydrogens (tertiary/aromatic N) is 5. The average Bonchev–Trinajstić information content (AvgIpc) is 3.33. The van der Waals surface area contributed by atoms with Gasteiger partial charge in [-0.3, -0.25) is 0 Å². The molecule has 212 valence electrons. The molecule has 9 nitrogen and oxygen atoms in total. The number of hydrogen-bond donors (Lipinski definition) is 1. The molecule has 3 heterocycles. The summed E-state index contributed by atoms with van der Waals surface area (Å²) >= 11 is 6.42. The molecule has 1 saturated heterocycles. The van der Waals surface area contributed by atoms with Crippen molar-refractivity contribution < 1.29 is 23.8 Å². The summed E-state index contributed by atoms with van der Waals surface area (Å²) in [6, 6.07) is 14.8. The van der Waals surface area contributed by atoms with E-state index < -0.39 is 11.8 Å². The van der Waals surface area contributed by atoms with E-state index in [2.05, 4.69) is 9.88 Å². The fourth-order valence-corrected chi connectivity index (χ4v) is 5.37. The second-order valence-electron chi connectivity index (χ2n) is 9.98. The number of carbonyl (C=O) groups is 1. The predicted octanol–water partition coefficient (Wildman–Crippen LogP) is 5.48. The number of nitriles is 1. The van der Waals surface area contributed by atoms with Crippen LogP contribution in [0.5, 0.6) is 5.88 Å². The van der Waals surface area contributed by atoms with Gasteiger partial charge in [-0.1, -0.05) is 23.7 Å². The molecule has 0 spiro atoms. The van der Waals surface area contributed by atoms with Crippen molar-refractivity contribution in [2.24, 2.45) is 5.92 Å². The van der Waals surface area contributed by atoms with Gasteiger partial charge in [-0.2, -0.15) is 10.2 Å². The molecular formula is C30H29ClFN5O4. The Balaban J connectivity index is 1.24. The van der Waals surface area contributed by atoms with Gasteiger partial charge in [0.1, 0.15) is 29.6 Å². The van der Waals surface area contributed by atoms with Gasteiger partial charge in [0.2, 0.25) is 5.88 Å². The number of carboxylic acids is 1. The van der Waals surface area contributed by atoms with Crippen molar-refractivity contribution in [3.8, 4) is 11.9 Å². The molecule has 5 rings (SSSR count). The third-order valence-corrected chi connectivity index (χ3v) is 7.62. The minimum Gasteiger partial charge on any atom is -0.478 e. The quantitative estimate of drug-likeness (QED) is 0.264. The van der Waals surface area contributed by atoms with Gasteiger partial charge in [-0.15, -0.1) is 0 Å². The number of fused-ring (bicyclic) bond motifs is 1. The molecule has 0 saturated carbocycles. The van der Waals surface area contributed by atoms with Crippen molar-refractivity contribution in [1.82, 2.24) is 14.5 Å². The Hall–Kier alpha value is -4.20. The highest BCUT2D eigenvalue weighted by Gasteiger charge is 2.24. The van der Waals surface area contributed by atoms with E-state index in [-0.39, 0.29) is 17.7 Å². The first-order valence-electron chi connectivity index (χ1n) is 13.3. The zero-order valence-electron chi connectivity index (χ0n) is 22.5. The van der Waals surface area contributed by atoms with Crippen LogP contribution in [0, 0.1) is 23.1 Å².